The average Bonchev–Trinajstić information content (AvgIpc) is 2.42. The summed E-state index contributed by atoms with van der Waals surface area (Å²) >= 11 is 3.33. The molecule has 0 aliphatic rings. The first kappa shape index (κ1) is 14.2. The first-order valence-corrected chi connectivity index (χ1v) is 7.08. The molecule has 2 aromatic carbocycles. The van der Waals surface area contributed by atoms with Gasteiger partial charge in [-0.2, -0.15) is 0 Å². The Morgan fingerprint density at radius 1 is 1.16 bits per heavy atom. The van der Waals surface area contributed by atoms with Crippen LogP contribution in [-0.4, -0.2) is 7.05 Å². The van der Waals surface area contributed by atoms with E-state index in [4.69, 9.17) is 0 Å². The van der Waals surface area contributed by atoms with Gasteiger partial charge in [-0.25, -0.2) is 4.39 Å². The van der Waals surface area contributed by atoms with Gasteiger partial charge in [0, 0.05) is 6.04 Å². The van der Waals surface area contributed by atoms with Gasteiger partial charge in [0.1, 0.15) is 5.82 Å². The van der Waals surface area contributed by atoms with E-state index in [0.717, 1.165) is 12.0 Å². The maximum atomic E-state index is 13.6. The van der Waals surface area contributed by atoms with Gasteiger partial charge in [-0.1, -0.05) is 42.0 Å². The highest BCUT2D eigenvalue weighted by Crippen LogP contribution is 2.28. The molecule has 3 heteroatoms. The summed E-state index contributed by atoms with van der Waals surface area (Å²) in [5.74, 6) is -0.221. The van der Waals surface area contributed by atoms with Gasteiger partial charge in [0.15, 0.2) is 0 Å². The fourth-order valence-corrected chi connectivity index (χ4v) is 2.66. The van der Waals surface area contributed by atoms with Gasteiger partial charge in [0.2, 0.25) is 0 Å². The van der Waals surface area contributed by atoms with Gasteiger partial charge in [-0.05, 0) is 53.5 Å². The summed E-state index contributed by atoms with van der Waals surface area (Å²) < 4.78 is 14.1. The zero-order valence-corrected chi connectivity index (χ0v) is 12.7. The third-order valence-corrected chi connectivity index (χ3v) is 4.10. The highest BCUT2D eigenvalue weighted by molar-refractivity contribution is 9.10. The van der Waals surface area contributed by atoms with E-state index in [0.29, 0.717) is 4.47 Å². The number of halogens is 2. The predicted molar refractivity (Wildman–Crippen MR) is 80.8 cm³/mol. The monoisotopic (exact) mass is 321 g/mol. The minimum absolute atomic E-state index is 0.0905. The molecule has 1 unspecified atom stereocenters. The normalized spacial score (nSPS) is 12.4. The molecule has 1 N–H and O–H groups in total. The van der Waals surface area contributed by atoms with Gasteiger partial charge in [0.05, 0.1) is 4.47 Å². The van der Waals surface area contributed by atoms with E-state index in [1.807, 2.05) is 13.1 Å². The molecule has 0 amide bonds. The van der Waals surface area contributed by atoms with Crippen LogP contribution in [-0.2, 0) is 6.42 Å². The molecule has 0 fully saturated rings. The Labute approximate surface area is 122 Å². The quantitative estimate of drug-likeness (QED) is 0.880. The molecule has 100 valence electrons. The van der Waals surface area contributed by atoms with E-state index in [-0.39, 0.29) is 11.9 Å². The molecular formula is C16H17BrFN. The van der Waals surface area contributed by atoms with Crippen molar-refractivity contribution in [1.29, 1.82) is 0 Å². The molecule has 0 bridgehead atoms. The summed E-state index contributed by atoms with van der Waals surface area (Å²) in [6, 6.07) is 13.7. The number of aryl methyl sites for hydroxylation is 1. The van der Waals surface area contributed by atoms with Gasteiger partial charge in [-0.15, -0.1) is 0 Å². The first-order valence-electron chi connectivity index (χ1n) is 6.28. The molecule has 0 aromatic heterocycles. The molecule has 1 nitrogen and oxygen atoms in total. The molecule has 1 atom stereocenters. The summed E-state index contributed by atoms with van der Waals surface area (Å²) in [5, 5.41) is 3.25. The second-order valence-electron chi connectivity index (χ2n) is 4.67. The van der Waals surface area contributed by atoms with E-state index in [1.165, 1.54) is 17.2 Å². The number of likely N-dealkylation sites (N-methyl/N-ethyl adjacent to an activating group) is 1. The maximum absolute atomic E-state index is 13.6. The molecule has 0 radical (unpaired) electrons. The van der Waals surface area contributed by atoms with Crippen LogP contribution in [0, 0.1) is 12.7 Å². The molecule has 0 saturated heterocycles. The molecular weight excluding hydrogens is 305 g/mol. The Morgan fingerprint density at radius 2 is 1.84 bits per heavy atom. The number of rotatable bonds is 4. The number of hydrogen-bond acceptors (Lipinski definition) is 1. The maximum Gasteiger partial charge on any atom is 0.137 e. The zero-order chi connectivity index (χ0) is 13.8. The van der Waals surface area contributed by atoms with Crippen LogP contribution >= 0.6 is 15.9 Å². The SMILES string of the molecule is CNC(Cc1ccc(C)cc1)c1cccc(F)c1Br. The highest BCUT2D eigenvalue weighted by atomic mass is 79.9. The van der Waals surface area contributed by atoms with Crippen molar-refractivity contribution in [3.8, 4) is 0 Å². The highest BCUT2D eigenvalue weighted by Gasteiger charge is 2.15. The Hall–Kier alpha value is -1.19. The lowest BCUT2D eigenvalue weighted by molar-refractivity contribution is 0.571. The van der Waals surface area contributed by atoms with E-state index >= 15 is 0 Å². The van der Waals surface area contributed by atoms with Crippen LogP contribution in [0.5, 0.6) is 0 Å². The minimum atomic E-state index is -0.221. The van der Waals surface area contributed by atoms with Crippen LogP contribution in [0.15, 0.2) is 46.9 Å². The van der Waals surface area contributed by atoms with Gasteiger partial charge >= 0.3 is 0 Å². The van der Waals surface area contributed by atoms with Crippen LogP contribution in [0.1, 0.15) is 22.7 Å². The molecule has 2 rings (SSSR count). The fraction of sp³-hybridized carbons (Fsp3) is 0.250. The second kappa shape index (κ2) is 6.31. The predicted octanol–water partition coefficient (Wildman–Crippen LogP) is 4.40. The van der Waals surface area contributed by atoms with Crippen LogP contribution in [0.4, 0.5) is 4.39 Å². The third kappa shape index (κ3) is 3.43. The van der Waals surface area contributed by atoms with Crippen molar-refractivity contribution in [2.75, 3.05) is 7.05 Å². The van der Waals surface area contributed by atoms with E-state index in [1.54, 1.807) is 6.07 Å². The van der Waals surface area contributed by atoms with Crippen molar-refractivity contribution in [2.24, 2.45) is 0 Å². The van der Waals surface area contributed by atoms with Crippen molar-refractivity contribution in [3.05, 3.63) is 69.4 Å². The Morgan fingerprint density at radius 3 is 2.47 bits per heavy atom. The standard InChI is InChI=1S/C16H17BrFN/c1-11-6-8-12(9-7-11)10-15(19-2)13-4-3-5-14(18)16(13)17/h3-9,15,19H,10H2,1-2H3. The smallest absolute Gasteiger partial charge is 0.137 e. The summed E-state index contributed by atoms with van der Waals surface area (Å²) in [5.41, 5.74) is 3.43. The topological polar surface area (TPSA) is 12.0 Å². The summed E-state index contributed by atoms with van der Waals surface area (Å²) in [6.07, 6.45) is 0.832. The summed E-state index contributed by atoms with van der Waals surface area (Å²) in [6.45, 7) is 2.07. The van der Waals surface area contributed by atoms with E-state index < -0.39 is 0 Å². The molecule has 0 spiro atoms. The van der Waals surface area contributed by atoms with Crippen molar-refractivity contribution in [3.63, 3.8) is 0 Å². The first-order chi connectivity index (χ1) is 9.11. The molecule has 19 heavy (non-hydrogen) atoms. The average molecular weight is 322 g/mol. The molecule has 0 aliphatic carbocycles. The van der Waals surface area contributed by atoms with Crippen LogP contribution in [0.25, 0.3) is 0 Å². The Bertz CT molecular complexity index is 551. The zero-order valence-electron chi connectivity index (χ0n) is 11.1. The second-order valence-corrected chi connectivity index (χ2v) is 5.47. The lowest BCUT2D eigenvalue weighted by Gasteiger charge is -2.18. The van der Waals surface area contributed by atoms with Gasteiger partial charge < -0.3 is 5.32 Å². The number of benzene rings is 2. The molecule has 0 saturated carbocycles. The molecule has 2 aromatic rings. The van der Waals surface area contributed by atoms with Crippen molar-refractivity contribution in [2.45, 2.75) is 19.4 Å². The van der Waals surface area contributed by atoms with Crippen molar-refractivity contribution in [1.82, 2.24) is 5.32 Å². The van der Waals surface area contributed by atoms with E-state index in [9.17, 15) is 4.39 Å². The third-order valence-electron chi connectivity index (χ3n) is 3.27. The van der Waals surface area contributed by atoms with E-state index in [2.05, 4.69) is 52.4 Å². The minimum Gasteiger partial charge on any atom is -0.313 e. The number of hydrogen-bond donors (Lipinski definition) is 1. The van der Waals surface area contributed by atoms with Crippen LogP contribution < -0.4 is 5.32 Å². The van der Waals surface area contributed by atoms with Gasteiger partial charge in [-0.3, -0.25) is 0 Å². The summed E-state index contributed by atoms with van der Waals surface area (Å²) in [7, 11) is 1.90. The lowest BCUT2D eigenvalue weighted by atomic mass is 9.98. The lowest BCUT2D eigenvalue weighted by Crippen LogP contribution is -2.19. The Kier molecular flexibility index (Phi) is 4.72. The molecule has 0 aliphatic heterocycles. The largest absolute Gasteiger partial charge is 0.313 e. The van der Waals surface area contributed by atoms with Gasteiger partial charge in [0.25, 0.3) is 0 Å². The van der Waals surface area contributed by atoms with Crippen molar-refractivity contribution >= 4 is 15.9 Å². The fourth-order valence-electron chi connectivity index (χ4n) is 2.12. The van der Waals surface area contributed by atoms with Crippen LogP contribution in [0.3, 0.4) is 0 Å². The van der Waals surface area contributed by atoms with Crippen LogP contribution in [0.2, 0.25) is 0 Å². The van der Waals surface area contributed by atoms with Crippen molar-refractivity contribution < 1.29 is 4.39 Å². The number of nitrogens with one attached hydrogen (secondary N) is 1. The molecule has 0 heterocycles. The summed E-state index contributed by atoms with van der Waals surface area (Å²) in [4.78, 5) is 0. The Balaban J connectivity index is 2.25.